The number of alkyl halides is 3. The first-order chi connectivity index (χ1) is 17.1. The van der Waals surface area contributed by atoms with Gasteiger partial charge < -0.3 is 14.6 Å². The quantitative estimate of drug-likeness (QED) is 0.508. The molecule has 0 unspecified atom stereocenters. The molecular weight excluding hydrogens is 469 g/mol. The number of ketones is 1. The SMILES string of the molecule is C[C@]12C[C@H](c3ccc4c(c3)OCCO4)C3=C4CCC(=O)C=C4CC[C@H]3[C@@H]1CC[C@@]2(O)C#CC(F)(F)F. The molecule has 1 N–H and O–H groups in total. The van der Waals surface area contributed by atoms with Gasteiger partial charge in [-0.1, -0.05) is 24.5 Å². The van der Waals surface area contributed by atoms with Crippen molar-refractivity contribution in [3.05, 3.63) is 46.6 Å². The summed E-state index contributed by atoms with van der Waals surface area (Å²) in [4.78, 5) is 12.2. The Morgan fingerprint density at radius 1 is 1.08 bits per heavy atom. The van der Waals surface area contributed by atoms with E-state index in [-0.39, 0.29) is 30.0 Å². The third kappa shape index (κ3) is 3.68. The smallest absolute Gasteiger partial charge is 0.457 e. The van der Waals surface area contributed by atoms with Crippen molar-refractivity contribution in [2.45, 2.75) is 69.6 Å². The second kappa shape index (κ2) is 8.14. The Bertz CT molecular complexity index is 1250. The molecule has 1 aliphatic heterocycles. The van der Waals surface area contributed by atoms with Crippen LogP contribution in [0.2, 0.25) is 0 Å². The predicted octanol–water partition coefficient (Wildman–Crippen LogP) is 5.65. The Balaban J connectivity index is 1.50. The van der Waals surface area contributed by atoms with Crippen molar-refractivity contribution in [2.75, 3.05) is 13.2 Å². The molecule has 1 aromatic rings. The number of benzene rings is 1. The molecule has 0 bridgehead atoms. The fraction of sp³-hybridized carbons (Fsp3) is 0.552. The van der Waals surface area contributed by atoms with Crippen LogP contribution >= 0.6 is 0 Å². The number of allylic oxidation sites excluding steroid dienone is 4. The van der Waals surface area contributed by atoms with Gasteiger partial charge in [-0.2, -0.15) is 13.2 Å². The number of fused-ring (bicyclic) bond motifs is 5. The maximum atomic E-state index is 13.1. The van der Waals surface area contributed by atoms with E-state index >= 15 is 0 Å². The van der Waals surface area contributed by atoms with Gasteiger partial charge in [-0.25, -0.2) is 0 Å². The number of carbonyl (C=O) groups is 1. The molecule has 190 valence electrons. The molecule has 1 heterocycles. The second-order valence-electron chi connectivity index (χ2n) is 11.0. The van der Waals surface area contributed by atoms with E-state index in [1.54, 1.807) is 6.08 Å². The van der Waals surface area contributed by atoms with Crippen molar-refractivity contribution in [1.82, 2.24) is 0 Å². The molecule has 36 heavy (non-hydrogen) atoms. The molecule has 0 radical (unpaired) electrons. The van der Waals surface area contributed by atoms with E-state index in [4.69, 9.17) is 9.47 Å². The Morgan fingerprint density at radius 2 is 1.86 bits per heavy atom. The molecular formula is C29H29F3O4. The Kier molecular flexibility index (Phi) is 5.35. The number of hydrogen-bond acceptors (Lipinski definition) is 4. The number of rotatable bonds is 1. The van der Waals surface area contributed by atoms with Crippen molar-refractivity contribution < 1.29 is 32.5 Å². The topological polar surface area (TPSA) is 55.8 Å². The summed E-state index contributed by atoms with van der Waals surface area (Å²) >= 11 is 0. The van der Waals surface area contributed by atoms with Crippen LogP contribution in [0.3, 0.4) is 0 Å². The van der Waals surface area contributed by atoms with Gasteiger partial charge in [-0.15, -0.1) is 0 Å². The average Bonchev–Trinajstić information content (AvgIpc) is 3.12. The fourth-order valence-corrected chi connectivity index (χ4v) is 7.62. The Labute approximate surface area is 208 Å². The normalized spacial score (nSPS) is 35.2. The molecule has 1 aromatic carbocycles. The van der Waals surface area contributed by atoms with Crippen molar-refractivity contribution in [1.29, 1.82) is 0 Å². The van der Waals surface area contributed by atoms with Crippen molar-refractivity contribution in [2.24, 2.45) is 17.3 Å². The molecule has 4 nitrogen and oxygen atoms in total. The van der Waals surface area contributed by atoms with Gasteiger partial charge in [-0.05, 0) is 85.3 Å². The average molecular weight is 499 g/mol. The van der Waals surface area contributed by atoms with Gasteiger partial charge in [-0.3, -0.25) is 4.79 Å². The summed E-state index contributed by atoms with van der Waals surface area (Å²) in [5, 5.41) is 11.6. The van der Waals surface area contributed by atoms with Crippen molar-refractivity contribution in [3.8, 4) is 23.3 Å². The summed E-state index contributed by atoms with van der Waals surface area (Å²) in [6.45, 7) is 2.87. The molecule has 2 saturated carbocycles. The molecule has 0 saturated heterocycles. The molecule has 4 aliphatic carbocycles. The number of ether oxygens (including phenoxy) is 2. The summed E-state index contributed by atoms with van der Waals surface area (Å²) in [5.41, 5.74) is 2.13. The zero-order chi connectivity index (χ0) is 25.3. The van der Waals surface area contributed by atoms with Crippen LogP contribution in [0.15, 0.2) is 41.0 Å². The monoisotopic (exact) mass is 498 g/mol. The molecule has 0 spiro atoms. The van der Waals surface area contributed by atoms with E-state index in [1.807, 2.05) is 25.1 Å². The minimum absolute atomic E-state index is 0.0279. The van der Waals surface area contributed by atoms with Crippen LogP contribution in [0.1, 0.15) is 63.4 Å². The molecule has 5 atom stereocenters. The van der Waals surface area contributed by atoms with Crippen molar-refractivity contribution >= 4 is 5.78 Å². The van der Waals surface area contributed by atoms with E-state index < -0.39 is 17.2 Å². The third-order valence-corrected chi connectivity index (χ3v) is 9.27. The van der Waals surface area contributed by atoms with E-state index in [1.165, 1.54) is 17.1 Å². The second-order valence-corrected chi connectivity index (χ2v) is 11.0. The maximum absolute atomic E-state index is 13.1. The first-order valence-corrected chi connectivity index (χ1v) is 12.8. The van der Waals surface area contributed by atoms with E-state index in [0.29, 0.717) is 50.4 Å². The highest BCUT2D eigenvalue weighted by Gasteiger charge is 2.62. The number of aliphatic hydroxyl groups is 1. The lowest BCUT2D eigenvalue weighted by Crippen LogP contribution is -2.51. The lowest BCUT2D eigenvalue weighted by molar-refractivity contribution is -0.114. The first-order valence-electron chi connectivity index (χ1n) is 12.8. The Morgan fingerprint density at radius 3 is 2.64 bits per heavy atom. The molecule has 2 fully saturated rings. The van der Waals surface area contributed by atoms with Crippen LogP contribution in [-0.2, 0) is 4.79 Å². The largest absolute Gasteiger partial charge is 0.486 e. The molecule has 5 aliphatic rings. The maximum Gasteiger partial charge on any atom is 0.457 e. The van der Waals surface area contributed by atoms with Crippen LogP contribution in [-0.4, -0.2) is 35.9 Å². The predicted molar refractivity (Wildman–Crippen MR) is 126 cm³/mol. The van der Waals surface area contributed by atoms with Gasteiger partial charge >= 0.3 is 6.18 Å². The van der Waals surface area contributed by atoms with Gasteiger partial charge in [0.05, 0.1) is 0 Å². The van der Waals surface area contributed by atoms with Crippen LogP contribution in [0, 0.1) is 29.1 Å². The standard InChI is InChI=1S/C29H29F3O4/c1-27-16-22(18-3-7-24-25(15-18)36-13-12-35-24)26-20-6-4-19(33)14-17(20)2-5-21(26)23(27)8-9-28(27,34)10-11-29(30,31)32/h3,7,14-15,21-23,34H,2,4-6,8-9,12-13,16H2,1H3/t21-,22+,23-,27-,28+/m0/s1. The summed E-state index contributed by atoms with van der Waals surface area (Å²) in [5.74, 6) is 5.21. The van der Waals surface area contributed by atoms with E-state index in [0.717, 1.165) is 24.0 Å². The zero-order valence-electron chi connectivity index (χ0n) is 20.2. The minimum Gasteiger partial charge on any atom is -0.486 e. The van der Waals surface area contributed by atoms with Crippen LogP contribution in [0.25, 0.3) is 0 Å². The molecule has 0 aromatic heterocycles. The number of halogens is 3. The summed E-state index contributed by atoms with van der Waals surface area (Å²) < 4.78 is 50.7. The van der Waals surface area contributed by atoms with Crippen LogP contribution in [0.4, 0.5) is 13.2 Å². The van der Waals surface area contributed by atoms with E-state index in [9.17, 15) is 23.1 Å². The van der Waals surface area contributed by atoms with Gasteiger partial charge in [0, 0.05) is 23.7 Å². The third-order valence-electron chi connectivity index (χ3n) is 9.27. The first kappa shape index (κ1) is 23.7. The zero-order valence-corrected chi connectivity index (χ0v) is 20.2. The van der Waals surface area contributed by atoms with Crippen LogP contribution in [0.5, 0.6) is 11.5 Å². The molecule has 6 rings (SSSR count). The van der Waals surface area contributed by atoms with Crippen molar-refractivity contribution in [3.63, 3.8) is 0 Å². The number of hydrogen-bond donors (Lipinski definition) is 1. The molecule has 0 amide bonds. The highest BCUT2D eigenvalue weighted by Crippen LogP contribution is 2.66. The highest BCUT2D eigenvalue weighted by atomic mass is 19.4. The summed E-state index contributed by atoms with van der Waals surface area (Å²) in [6, 6.07) is 5.88. The molecule has 7 heteroatoms. The lowest BCUT2D eigenvalue weighted by Gasteiger charge is -2.53. The van der Waals surface area contributed by atoms with E-state index in [2.05, 4.69) is 5.92 Å². The summed E-state index contributed by atoms with van der Waals surface area (Å²) in [7, 11) is 0. The fourth-order valence-electron chi connectivity index (χ4n) is 7.62. The van der Waals surface area contributed by atoms with Gasteiger partial charge in [0.2, 0.25) is 0 Å². The van der Waals surface area contributed by atoms with Gasteiger partial charge in [0.1, 0.15) is 18.8 Å². The van der Waals surface area contributed by atoms with Gasteiger partial charge in [0.15, 0.2) is 17.3 Å². The summed E-state index contributed by atoms with van der Waals surface area (Å²) in [6.07, 6.45) is 1.25. The Hall–Kier alpha value is -2.72. The van der Waals surface area contributed by atoms with Gasteiger partial charge in [0.25, 0.3) is 0 Å². The highest BCUT2D eigenvalue weighted by molar-refractivity contribution is 5.93. The van der Waals surface area contributed by atoms with Crippen LogP contribution < -0.4 is 9.47 Å². The minimum atomic E-state index is -4.65. The lowest BCUT2D eigenvalue weighted by atomic mass is 9.51. The number of carbonyl (C=O) groups excluding carboxylic acids is 1.